The Bertz CT molecular complexity index is 1270. The number of nitrogens with one attached hydrogen (secondary N) is 1. The molecule has 2 amide bonds. The lowest BCUT2D eigenvalue weighted by atomic mass is 10.2. The van der Waals surface area contributed by atoms with Crippen molar-refractivity contribution in [1.29, 1.82) is 0 Å². The average molecular weight is 477 g/mol. The van der Waals surface area contributed by atoms with E-state index in [1.54, 1.807) is 48.9 Å². The number of nitrogens with zero attached hydrogens (tertiary/aromatic N) is 3. The van der Waals surface area contributed by atoms with Crippen LogP contribution in [0.2, 0.25) is 5.02 Å². The second kappa shape index (κ2) is 10.4. The Morgan fingerprint density at radius 3 is 2.56 bits per heavy atom. The number of benzene rings is 2. The fourth-order valence-corrected chi connectivity index (χ4v) is 3.73. The first-order chi connectivity index (χ1) is 16.4. The summed E-state index contributed by atoms with van der Waals surface area (Å²) < 4.78 is 7.15. The normalized spacial score (nSPS) is 10.9. The molecule has 174 valence electrons. The van der Waals surface area contributed by atoms with Gasteiger partial charge in [0.2, 0.25) is 17.8 Å². The van der Waals surface area contributed by atoms with Crippen LogP contribution in [0.1, 0.15) is 19.6 Å². The van der Waals surface area contributed by atoms with E-state index in [1.807, 2.05) is 48.7 Å². The predicted molar refractivity (Wildman–Crippen MR) is 132 cm³/mol. The molecular weight excluding hydrogens is 452 g/mol. The van der Waals surface area contributed by atoms with Crippen LogP contribution in [0, 0.1) is 5.92 Å². The van der Waals surface area contributed by atoms with E-state index in [0.717, 1.165) is 11.3 Å². The van der Waals surface area contributed by atoms with Crippen LogP contribution in [0.4, 0.5) is 5.95 Å². The van der Waals surface area contributed by atoms with Gasteiger partial charge in [0.05, 0.1) is 18.5 Å². The van der Waals surface area contributed by atoms with Crippen LogP contribution in [0.5, 0.6) is 0 Å². The number of anilines is 1. The molecule has 0 aliphatic carbocycles. The van der Waals surface area contributed by atoms with Crippen LogP contribution in [-0.4, -0.2) is 32.8 Å². The monoisotopic (exact) mass is 476 g/mol. The summed E-state index contributed by atoms with van der Waals surface area (Å²) >= 11 is 6.20. The van der Waals surface area contributed by atoms with E-state index in [0.29, 0.717) is 22.4 Å². The van der Waals surface area contributed by atoms with Crippen molar-refractivity contribution in [3.05, 3.63) is 90.0 Å². The zero-order chi connectivity index (χ0) is 24.1. The van der Waals surface area contributed by atoms with Crippen molar-refractivity contribution in [1.82, 2.24) is 14.5 Å². The topological polar surface area (TPSA) is 80.4 Å². The summed E-state index contributed by atoms with van der Waals surface area (Å²) in [6.07, 6.45) is 3.39. The van der Waals surface area contributed by atoms with E-state index in [2.05, 4.69) is 10.3 Å². The lowest BCUT2D eigenvalue weighted by Gasteiger charge is -2.23. The van der Waals surface area contributed by atoms with E-state index >= 15 is 0 Å². The van der Waals surface area contributed by atoms with Crippen molar-refractivity contribution in [2.24, 2.45) is 5.92 Å². The second-order valence-corrected chi connectivity index (χ2v) is 8.58. The third kappa shape index (κ3) is 5.55. The molecule has 0 atom stereocenters. The predicted octanol–water partition coefficient (Wildman–Crippen LogP) is 5.41. The van der Waals surface area contributed by atoms with E-state index in [9.17, 15) is 9.59 Å². The minimum Gasteiger partial charge on any atom is -0.467 e. The van der Waals surface area contributed by atoms with E-state index in [4.69, 9.17) is 16.0 Å². The van der Waals surface area contributed by atoms with Gasteiger partial charge in [0.15, 0.2) is 0 Å². The first-order valence-corrected chi connectivity index (χ1v) is 11.3. The van der Waals surface area contributed by atoms with Crippen LogP contribution in [0.3, 0.4) is 0 Å². The van der Waals surface area contributed by atoms with Gasteiger partial charge in [-0.3, -0.25) is 19.5 Å². The highest BCUT2D eigenvalue weighted by Gasteiger charge is 2.22. The van der Waals surface area contributed by atoms with Gasteiger partial charge in [0.25, 0.3) is 0 Å². The number of hydrogen-bond donors (Lipinski definition) is 1. The molecular formula is C26H25ClN4O3. The molecule has 7 nitrogen and oxygen atoms in total. The highest BCUT2D eigenvalue weighted by molar-refractivity contribution is 6.30. The summed E-state index contributed by atoms with van der Waals surface area (Å²) in [5.74, 6) is 0.166. The molecule has 0 bridgehead atoms. The Morgan fingerprint density at radius 1 is 1.09 bits per heavy atom. The van der Waals surface area contributed by atoms with Crippen molar-refractivity contribution in [2.45, 2.75) is 20.4 Å². The Hall–Kier alpha value is -3.84. The van der Waals surface area contributed by atoms with Gasteiger partial charge in [-0.25, -0.2) is 4.98 Å². The maximum atomic E-state index is 13.1. The zero-order valence-electron chi connectivity index (χ0n) is 18.9. The summed E-state index contributed by atoms with van der Waals surface area (Å²) in [6, 6.07) is 20.5. The third-order valence-electron chi connectivity index (χ3n) is 5.18. The Balaban J connectivity index is 1.61. The fourth-order valence-electron chi connectivity index (χ4n) is 3.54. The maximum Gasteiger partial charge on any atom is 0.246 e. The van der Waals surface area contributed by atoms with E-state index in [-0.39, 0.29) is 30.8 Å². The molecule has 1 N–H and O–H groups in total. The highest BCUT2D eigenvalue weighted by atomic mass is 35.5. The van der Waals surface area contributed by atoms with Crippen molar-refractivity contribution in [3.8, 4) is 16.9 Å². The van der Waals surface area contributed by atoms with Gasteiger partial charge in [0, 0.05) is 28.4 Å². The SMILES string of the molecule is CC(C)C(=O)N(CC(=O)Nc1nc(-c2ccccc2)cn1-c1cccc(Cl)c1)Cc1ccco1. The van der Waals surface area contributed by atoms with Crippen LogP contribution >= 0.6 is 11.6 Å². The molecule has 2 aromatic carbocycles. The minimum absolute atomic E-state index is 0.138. The Morgan fingerprint density at radius 2 is 1.88 bits per heavy atom. The van der Waals surface area contributed by atoms with Crippen molar-refractivity contribution >= 4 is 29.4 Å². The van der Waals surface area contributed by atoms with Gasteiger partial charge in [-0.2, -0.15) is 0 Å². The number of furan rings is 1. The minimum atomic E-state index is -0.367. The number of rotatable bonds is 8. The molecule has 0 saturated heterocycles. The third-order valence-corrected chi connectivity index (χ3v) is 5.42. The van der Waals surface area contributed by atoms with Gasteiger partial charge in [0.1, 0.15) is 12.3 Å². The molecule has 0 saturated carbocycles. The molecule has 0 unspecified atom stereocenters. The molecule has 2 heterocycles. The highest BCUT2D eigenvalue weighted by Crippen LogP contribution is 2.25. The first kappa shape index (κ1) is 23.3. The van der Waals surface area contributed by atoms with Crippen LogP contribution in [-0.2, 0) is 16.1 Å². The van der Waals surface area contributed by atoms with Gasteiger partial charge in [-0.15, -0.1) is 0 Å². The lowest BCUT2D eigenvalue weighted by molar-refractivity contribution is -0.138. The molecule has 8 heteroatoms. The van der Waals surface area contributed by atoms with E-state index < -0.39 is 0 Å². The lowest BCUT2D eigenvalue weighted by Crippen LogP contribution is -2.39. The standard InChI is InChI=1S/C26H25ClN4O3/c1-18(2)25(33)30(15-22-12-7-13-34-22)17-24(32)29-26-28-23(19-8-4-3-5-9-19)16-31(26)21-11-6-10-20(27)14-21/h3-14,16,18H,15,17H2,1-2H3,(H,28,29,32). The molecule has 0 fully saturated rings. The number of carbonyl (C=O) groups excluding carboxylic acids is 2. The molecule has 0 aliphatic rings. The average Bonchev–Trinajstić information content (AvgIpc) is 3.49. The van der Waals surface area contributed by atoms with Gasteiger partial charge >= 0.3 is 0 Å². The van der Waals surface area contributed by atoms with E-state index in [1.165, 1.54) is 4.90 Å². The largest absolute Gasteiger partial charge is 0.467 e. The molecule has 2 aromatic heterocycles. The number of carbonyl (C=O) groups is 2. The molecule has 0 radical (unpaired) electrons. The van der Waals surface area contributed by atoms with Gasteiger partial charge < -0.3 is 9.32 Å². The zero-order valence-corrected chi connectivity index (χ0v) is 19.7. The summed E-state index contributed by atoms with van der Waals surface area (Å²) in [6.45, 7) is 3.66. The molecule has 34 heavy (non-hydrogen) atoms. The quantitative estimate of drug-likeness (QED) is 0.368. The summed E-state index contributed by atoms with van der Waals surface area (Å²) in [5.41, 5.74) is 2.36. The summed E-state index contributed by atoms with van der Waals surface area (Å²) in [4.78, 5) is 31.9. The van der Waals surface area contributed by atoms with Crippen molar-refractivity contribution in [2.75, 3.05) is 11.9 Å². The molecule has 0 aliphatic heterocycles. The second-order valence-electron chi connectivity index (χ2n) is 8.14. The van der Waals surface area contributed by atoms with Crippen LogP contribution in [0.25, 0.3) is 16.9 Å². The van der Waals surface area contributed by atoms with Crippen LogP contribution in [0.15, 0.2) is 83.6 Å². The van der Waals surface area contributed by atoms with Gasteiger partial charge in [-0.1, -0.05) is 61.8 Å². The van der Waals surface area contributed by atoms with Crippen LogP contribution < -0.4 is 5.32 Å². The summed E-state index contributed by atoms with van der Waals surface area (Å²) in [7, 11) is 0. The number of aromatic nitrogens is 2. The first-order valence-electron chi connectivity index (χ1n) is 10.9. The van der Waals surface area contributed by atoms with Gasteiger partial charge in [-0.05, 0) is 30.3 Å². The maximum absolute atomic E-state index is 13.1. The van der Waals surface area contributed by atoms with Crippen molar-refractivity contribution in [3.63, 3.8) is 0 Å². The molecule has 4 aromatic rings. The Kier molecular flexibility index (Phi) is 7.13. The number of imidazole rings is 1. The number of halogens is 1. The van der Waals surface area contributed by atoms with Crippen molar-refractivity contribution < 1.29 is 14.0 Å². The fraction of sp³-hybridized carbons (Fsp3) is 0.192. The number of amides is 2. The summed E-state index contributed by atoms with van der Waals surface area (Å²) in [5, 5.41) is 3.43. The molecule has 0 spiro atoms. The number of hydrogen-bond acceptors (Lipinski definition) is 4. The Labute approximate surface area is 203 Å². The smallest absolute Gasteiger partial charge is 0.246 e. The molecule has 4 rings (SSSR count).